The first kappa shape index (κ1) is 19.9. The van der Waals surface area contributed by atoms with E-state index in [1.165, 1.54) is 0 Å². The molecule has 1 aromatic carbocycles. The summed E-state index contributed by atoms with van der Waals surface area (Å²) in [6.45, 7) is 10.7. The number of hydrogen-bond acceptors (Lipinski definition) is 4. The molecule has 0 saturated carbocycles. The molecule has 2 aromatic heterocycles. The number of anilines is 1. The zero-order chi connectivity index (χ0) is 20.3. The van der Waals surface area contributed by atoms with Gasteiger partial charge in [-0.1, -0.05) is 44.9 Å². The highest BCUT2D eigenvalue weighted by Gasteiger charge is 2.24. The number of hydrogen-bond donors (Lipinski definition) is 2. The van der Waals surface area contributed by atoms with Gasteiger partial charge in [0.25, 0.3) is 5.91 Å². The van der Waals surface area contributed by atoms with Crippen molar-refractivity contribution in [3.8, 4) is 0 Å². The lowest BCUT2D eigenvalue weighted by atomic mass is 10.0. The summed E-state index contributed by atoms with van der Waals surface area (Å²) in [5, 5.41) is 3.08. The molecule has 0 bridgehead atoms. The molecule has 0 spiro atoms. The van der Waals surface area contributed by atoms with Gasteiger partial charge in [0.2, 0.25) is 0 Å². The lowest BCUT2D eigenvalue weighted by Gasteiger charge is -2.14. The first-order chi connectivity index (χ1) is 13.4. The largest absolute Gasteiger partial charge is 0.384 e. The second-order valence-corrected chi connectivity index (χ2v) is 7.74. The molecule has 2 heterocycles. The number of nitrogen functional groups attached to an aromatic ring is 1. The molecule has 3 aromatic rings. The number of fused-ring (bicyclic) bond motifs is 2. The van der Waals surface area contributed by atoms with E-state index >= 15 is 0 Å². The van der Waals surface area contributed by atoms with Crippen LogP contribution in [0.5, 0.6) is 0 Å². The maximum Gasteiger partial charge on any atom is 0.257 e. The highest BCUT2D eigenvalue weighted by atomic mass is 16.1. The van der Waals surface area contributed by atoms with E-state index in [1.54, 1.807) is 10.6 Å². The van der Waals surface area contributed by atoms with Gasteiger partial charge in [-0.2, -0.15) is 0 Å². The van der Waals surface area contributed by atoms with Gasteiger partial charge in [-0.25, -0.2) is 9.97 Å². The van der Waals surface area contributed by atoms with Crippen LogP contribution < -0.4 is 11.1 Å². The highest BCUT2D eigenvalue weighted by Crippen LogP contribution is 2.28. The fourth-order valence-corrected chi connectivity index (χ4v) is 3.46. The molecule has 1 amide bonds. The Balaban J connectivity index is 1.97. The van der Waals surface area contributed by atoms with Crippen molar-refractivity contribution in [2.45, 2.75) is 52.6 Å². The second-order valence-electron chi connectivity index (χ2n) is 7.74. The third kappa shape index (κ3) is 4.01. The molecule has 6 heteroatoms. The van der Waals surface area contributed by atoms with Crippen LogP contribution in [0.4, 0.5) is 5.82 Å². The number of nitrogens with one attached hydrogen (secondary N) is 1. The standard InChI is InChI=1S/C22H29N5O/c1-5-13-27-20(23)18(22(28)24-15(4)10-8-9-14(2)3)19-21(27)26-17-12-7-6-11-16(17)25-19/h5-7,11-12,14-15H,1,8-10,13,23H2,2-4H3,(H,24,28). The van der Waals surface area contributed by atoms with Crippen LogP contribution in [0, 0.1) is 5.92 Å². The monoisotopic (exact) mass is 379 g/mol. The SMILES string of the molecule is C=CCn1c(N)c(C(=O)NC(C)CCCC(C)C)c2nc3ccccc3nc21. The maximum absolute atomic E-state index is 13.0. The van der Waals surface area contributed by atoms with Crippen LogP contribution in [0.15, 0.2) is 36.9 Å². The average molecular weight is 380 g/mol. The number of rotatable bonds is 8. The molecular weight excluding hydrogens is 350 g/mol. The van der Waals surface area contributed by atoms with Gasteiger partial charge in [0, 0.05) is 12.6 Å². The highest BCUT2D eigenvalue weighted by molar-refractivity contribution is 6.10. The van der Waals surface area contributed by atoms with Gasteiger partial charge in [0.1, 0.15) is 16.9 Å². The summed E-state index contributed by atoms with van der Waals surface area (Å²) >= 11 is 0. The van der Waals surface area contributed by atoms with Gasteiger partial charge < -0.3 is 15.6 Å². The first-order valence-electron chi connectivity index (χ1n) is 9.88. The zero-order valence-corrected chi connectivity index (χ0v) is 16.9. The number of amides is 1. The van der Waals surface area contributed by atoms with Gasteiger partial charge >= 0.3 is 0 Å². The molecule has 3 rings (SSSR count). The molecule has 0 aliphatic heterocycles. The molecule has 0 aliphatic rings. The van der Waals surface area contributed by atoms with Crippen LogP contribution in [0.1, 0.15) is 50.4 Å². The van der Waals surface area contributed by atoms with E-state index in [9.17, 15) is 4.79 Å². The summed E-state index contributed by atoms with van der Waals surface area (Å²) in [5.74, 6) is 0.836. The fourth-order valence-electron chi connectivity index (χ4n) is 3.46. The number of para-hydroxylation sites is 2. The number of carbonyl (C=O) groups is 1. The smallest absolute Gasteiger partial charge is 0.257 e. The van der Waals surface area contributed by atoms with Gasteiger partial charge in [-0.15, -0.1) is 6.58 Å². The van der Waals surface area contributed by atoms with Crippen LogP contribution in [0.3, 0.4) is 0 Å². The van der Waals surface area contributed by atoms with E-state index in [4.69, 9.17) is 15.7 Å². The molecule has 148 valence electrons. The number of nitrogens with two attached hydrogens (primary N) is 1. The van der Waals surface area contributed by atoms with Crippen LogP contribution in [0.2, 0.25) is 0 Å². The fraction of sp³-hybridized carbons (Fsp3) is 0.409. The van der Waals surface area contributed by atoms with Gasteiger partial charge in [-0.3, -0.25) is 4.79 Å². The third-order valence-corrected chi connectivity index (χ3v) is 4.93. The molecular formula is C22H29N5O. The lowest BCUT2D eigenvalue weighted by Crippen LogP contribution is -2.33. The quantitative estimate of drug-likeness (QED) is 0.572. The number of carbonyl (C=O) groups excluding carboxylic acids is 1. The Morgan fingerprint density at radius 1 is 1.21 bits per heavy atom. The molecule has 6 nitrogen and oxygen atoms in total. The molecule has 1 unspecified atom stereocenters. The van der Waals surface area contributed by atoms with E-state index in [-0.39, 0.29) is 11.9 Å². The lowest BCUT2D eigenvalue weighted by molar-refractivity contribution is 0.0940. The van der Waals surface area contributed by atoms with Crippen molar-refractivity contribution in [3.63, 3.8) is 0 Å². The summed E-state index contributed by atoms with van der Waals surface area (Å²) in [7, 11) is 0. The van der Waals surface area contributed by atoms with Crippen molar-refractivity contribution in [1.29, 1.82) is 0 Å². The predicted octanol–water partition coefficient (Wildman–Crippen LogP) is 4.30. The summed E-state index contributed by atoms with van der Waals surface area (Å²) in [6.07, 6.45) is 4.91. The van der Waals surface area contributed by atoms with Gasteiger partial charge in [0.05, 0.1) is 11.0 Å². The molecule has 0 fully saturated rings. The number of aromatic nitrogens is 3. The molecule has 0 saturated heterocycles. The van der Waals surface area contributed by atoms with E-state index in [0.717, 1.165) is 30.3 Å². The Morgan fingerprint density at radius 2 is 1.89 bits per heavy atom. The third-order valence-electron chi connectivity index (χ3n) is 4.93. The Hall–Kier alpha value is -2.89. The van der Waals surface area contributed by atoms with E-state index in [2.05, 4.69) is 25.7 Å². The normalized spacial score (nSPS) is 12.6. The molecule has 1 atom stereocenters. The Kier molecular flexibility index (Phi) is 5.97. The van der Waals surface area contributed by atoms with E-state index in [1.807, 2.05) is 31.2 Å². The van der Waals surface area contributed by atoms with Crippen LogP contribution in [-0.4, -0.2) is 26.5 Å². The first-order valence-corrected chi connectivity index (χ1v) is 9.88. The average Bonchev–Trinajstić information content (AvgIpc) is 2.91. The molecule has 0 aliphatic carbocycles. The minimum Gasteiger partial charge on any atom is -0.384 e. The molecule has 28 heavy (non-hydrogen) atoms. The van der Waals surface area contributed by atoms with Crippen molar-refractivity contribution in [2.75, 3.05) is 5.73 Å². The second kappa shape index (κ2) is 8.42. The zero-order valence-electron chi connectivity index (χ0n) is 16.9. The van der Waals surface area contributed by atoms with E-state index in [0.29, 0.717) is 35.0 Å². The Bertz CT molecular complexity index is 1000. The number of nitrogens with zero attached hydrogens (tertiary/aromatic N) is 3. The predicted molar refractivity (Wildman–Crippen MR) is 115 cm³/mol. The minimum absolute atomic E-state index is 0.0665. The minimum atomic E-state index is -0.202. The van der Waals surface area contributed by atoms with E-state index < -0.39 is 0 Å². The summed E-state index contributed by atoms with van der Waals surface area (Å²) in [4.78, 5) is 22.4. The molecule has 0 radical (unpaired) electrons. The van der Waals surface area contributed by atoms with Crippen molar-refractivity contribution < 1.29 is 4.79 Å². The Labute approximate surface area is 165 Å². The maximum atomic E-state index is 13.0. The van der Waals surface area contributed by atoms with Crippen LogP contribution >= 0.6 is 0 Å². The topological polar surface area (TPSA) is 85.8 Å². The van der Waals surface area contributed by atoms with Crippen molar-refractivity contribution in [1.82, 2.24) is 19.9 Å². The van der Waals surface area contributed by atoms with Crippen LogP contribution in [-0.2, 0) is 6.54 Å². The van der Waals surface area contributed by atoms with Crippen LogP contribution in [0.25, 0.3) is 22.2 Å². The van der Waals surface area contributed by atoms with Crippen molar-refractivity contribution in [2.24, 2.45) is 5.92 Å². The van der Waals surface area contributed by atoms with Crippen molar-refractivity contribution in [3.05, 3.63) is 42.5 Å². The number of allylic oxidation sites excluding steroid dienone is 1. The molecule has 3 N–H and O–H groups in total. The summed E-state index contributed by atoms with van der Waals surface area (Å²) < 4.78 is 1.79. The summed E-state index contributed by atoms with van der Waals surface area (Å²) in [6, 6.07) is 7.68. The number of benzene rings is 1. The summed E-state index contributed by atoms with van der Waals surface area (Å²) in [5.41, 5.74) is 9.40. The Morgan fingerprint density at radius 3 is 2.54 bits per heavy atom. The van der Waals surface area contributed by atoms with Gasteiger partial charge in [-0.05, 0) is 31.4 Å². The van der Waals surface area contributed by atoms with Crippen molar-refractivity contribution >= 4 is 33.9 Å². The van der Waals surface area contributed by atoms with Gasteiger partial charge in [0.15, 0.2) is 5.65 Å².